The van der Waals surface area contributed by atoms with E-state index in [0.29, 0.717) is 25.9 Å². The van der Waals surface area contributed by atoms with Crippen LogP contribution in [-0.4, -0.2) is 31.3 Å². The molecular weight excluding hydrogens is 154 g/mol. The summed E-state index contributed by atoms with van der Waals surface area (Å²) in [5, 5.41) is 2.34. The molecule has 0 radical (unpaired) electrons. The number of rotatable bonds is 1. The summed E-state index contributed by atoms with van der Waals surface area (Å²) in [6.45, 7) is 1.29. The van der Waals surface area contributed by atoms with E-state index >= 15 is 0 Å². The van der Waals surface area contributed by atoms with Gasteiger partial charge in [0.25, 0.3) is 0 Å². The fraction of sp³-hybridized carbons (Fsp3) is 1.00. The first-order chi connectivity index (χ1) is 4.61. The van der Waals surface area contributed by atoms with Crippen molar-refractivity contribution >= 4 is 10.1 Å². The highest BCUT2D eigenvalue weighted by molar-refractivity contribution is 7.86. The Morgan fingerprint density at radius 1 is 1.30 bits per heavy atom. The minimum atomic E-state index is -4.02. The van der Waals surface area contributed by atoms with Crippen LogP contribution in [0.15, 0.2) is 0 Å². The standard InChI is InChI=1S/C5H11NO3S/c7-10(8,9)5-1-3-6-4-2-5/h5-6H,1-4H2,(H,7,8,9)/p-1. The van der Waals surface area contributed by atoms with E-state index in [0.717, 1.165) is 0 Å². The third-order valence-corrected chi connectivity index (χ3v) is 2.98. The molecule has 0 aromatic heterocycles. The van der Waals surface area contributed by atoms with Crippen LogP contribution in [0.5, 0.6) is 0 Å². The SMILES string of the molecule is O=S(=O)([O-])C1CCNCC1. The zero-order valence-electron chi connectivity index (χ0n) is 5.54. The molecule has 4 nitrogen and oxygen atoms in total. The van der Waals surface area contributed by atoms with E-state index in [-0.39, 0.29) is 0 Å². The summed E-state index contributed by atoms with van der Waals surface area (Å²) < 4.78 is 31.2. The second kappa shape index (κ2) is 2.86. The molecule has 0 bridgehead atoms. The van der Waals surface area contributed by atoms with Crippen LogP contribution in [0.4, 0.5) is 0 Å². The smallest absolute Gasteiger partial charge is 0.0976 e. The molecule has 60 valence electrons. The van der Waals surface area contributed by atoms with Gasteiger partial charge in [-0.15, -0.1) is 0 Å². The second-order valence-corrected chi connectivity index (χ2v) is 4.09. The molecule has 0 amide bonds. The predicted molar refractivity (Wildman–Crippen MR) is 35.6 cm³/mol. The van der Waals surface area contributed by atoms with Crippen LogP contribution in [0.25, 0.3) is 0 Å². The molecular formula is C5H10NO3S-. The Hall–Kier alpha value is -0.130. The minimum absolute atomic E-state index is 0.464. The van der Waals surface area contributed by atoms with Crippen LogP contribution >= 0.6 is 0 Å². The average molecular weight is 164 g/mol. The lowest BCUT2D eigenvalue weighted by atomic mass is 10.2. The monoisotopic (exact) mass is 164 g/mol. The van der Waals surface area contributed by atoms with Crippen LogP contribution in [-0.2, 0) is 10.1 Å². The Balaban J connectivity index is 2.56. The largest absolute Gasteiger partial charge is 0.748 e. The lowest BCUT2D eigenvalue weighted by molar-refractivity contribution is 0.419. The van der Waals surface area contributed by atoms with Crippen LogP contribution in [0.3, 0.4) is 0 Å². The summed E-state index contributed by atoms with van der Waals surface area (Å²) in [6.07, 6.45) is 0.928. The maximum atomic E-state index is 10.4. The maximum absolute atomic E-state index is 10.4. The van der Waals surface area contributed by atoms with Gasteiger partial charge < -0.3 is 9.87 Å². The highest BCUT2D eigenvalue weighted by atomic mass is 32.2. The number of hydrogen-bond donors (Lipinski definition) is 1. The molecule has 0 aliphatic carbocycles. The molecule has 1 aliphatic rings. The number of nitrogens with one attached hydrogen (secondary N) is 1. The van der Waals surface area contributed by atoms with Gasteiger partial charge in [0.05, 0.1) is 15.4 Å². The molecule has 1 saturated heterocycles. The summed E-state index contributed by atoms with van der Waals surface area (Å²) in [6, 6.07) is 0. The summed E-state index contributed by atoms with van der Waals surface area (Å²) in [5.41, 5.74) is 0. The Labute approximate surface area is 60.4 Å². The van der Waals surface area contributed by atoms with Gasteiger partial charge in [-0.1, -0.05) is 0 Å². The third kappa shape index (κ3) is 1.93. The van der Waals surface area contributed by atoms with Crippen molar-refractivity contribution in [2.75, 3.05) is 13.1 Å². The molecule has 1 aliphatic heterocycles. The average Bonchev–Trinajstić information content (AvgIpc) is 1.88. The first-order valence-corrected chi connectivity index (χ1v) is 4.73. The molecule has 1 rings (SSSR count). The lowest BCUT2D eigenvalue weighted by Gasteiger charge is -2.24. The van der Waals surface area contributed by atoms with Crippen LogP contribution in [0, 0.1) is 0 Å². The quantitative estimate of drug-likeness (QED) is 0.519. The summed E-state index contributed by atoms with van der Waals surface area (Å²) in [5.74, 6) is 0. The highest BCUT2D eigenvalue weighted by Gasteiger charge is 2.18. The molecule has 0 aromatic carbocycles. The van der Waals surface area contributed by atoms with E-state index in [2.05, 4.69) is 5.32 Å². The summed E-state index contributed by atoms with van der Waals surface area (Å²) in [7, 11) is -4.02. The van der Waals surface area contributed by atoms with Gasteiger partial charge in [0.1, 0.15) is 0 Å². The van der Waals surface area contributed by atoms with Gasteiger partial charge in [-0.2, -0.15) is 0 Å². The van der Waals surface area contributed by atoms with Gasteiger partial charge >= 0.3 is 0 Å². The first kappa shape index (κ1) is 7.97. The molecule has 0 saturated carbocycles. The van der Waals surface area contributed by atoms with Gasteiger partial charge in [0.2, 0.25) is 0 Å². The maximum Gasteiger partial charge on any atom is 0.0976 e. The fourth-order valence-corrected chi connectivity index (χ4v) is 1.90. The van der Waals surface area contributed by atoms with Gasteiger partial charge in [0.15, 0.2) is 0 Å². The van der Waals surface area contributed by atoms with Crippen molar-refractivity contribution in [3.63, 3.8) is 0 Å². The van der Waals surface area contributed by atoms with Crippen LogP contribution < -0.4 is 5.32 Å². The minimum Gasteiger partial charge on any atom is -0.748 e. The molecule has 1 N–H and O–H groups in total. The van der Waals surface area contributed by atoms with Gasteiger partial charge in [-0.25, -0.2) is 8.42 Å². The van der Waals surface area contributed by atoms with Crippen molar-refractivity contribution in [1.29, 1.82) is 0 Å². The van der Waals surface area contributed by atoms with Crippen molar-refractivity contribution in [3.8, 4) is 0 Å². The van der Waals surface area contributed by atoms with Gasteiger partial charge in [0, 0.05) is 0 Å². The Morgan fingerprint density at radius 3 is 2.10 bits per heavy atom. The second-order valence-electron chi connectivity index (χ2n) is 2.44. The van der Waals surface area contributed by atoms with Crippen molar-refractivity contribution < 1.29 is 13.0 Å². The summed E-state index contributed by atoms with van der Waals surface area (Å²) in [4.78, 5) is 0. The molecule has 0 unspecified atom stereocenters. The number of hydrogen-bond acceptors (Lipinski definition) is 4. The molecule has 0 atom stereocenters. The zero-order valence-corrected chi connectivity index (χ0v) is 6.36. The molecule has 10 heavy (non-hydrogen) atoms. The molecule has 0 aromatic rings. The third-order valence-electron chi connectivity index (χ3n) is 1.69. The Kier molecular flexibility index (Phi) is 2.28. The fourth-order valence-electron chi connectivity index (χ4n) is 1.08. The molecule has 1 fully saturated rings. The van der Waals surface area contributed by atoms with Gasteiger partial charge in [-0.3, -0.25) is 0 Å². The highest BCUT2D eigenvalue weighted by Crippen LogP contribution is 2.10. The van der Waals surface area contributed by atoms with Crippen molar-refractivity contribution in [1.82, 2.24) is 5.32 Å². The van der Waals surface area contributed by atoms with E-state index in [1.54, 1.807) is 0 Å². The topological polar surface area (TPSA) is 69.2 Å². The Bertz CT molecular complexity index is 193. The van der Waals surface area contributed by atoms with E-state index in [4.69, 9.17) is 0 Å². The molecule has 0 spiro atoms. The summed E-state index contributed by atoms with van der Waals surface area (Å²) >= 11 is 0. The molecule has 1 heterocycles. The van der Waals surface area contributed by atoms with E-state index in [1.165, 1.54) is 0 Å². The van der Waals surface area contributed by atoms with Crippen LogP contribution in [0.1, 0.15) is 12.8 Å². The Morgan fingerprint density at radius 2 is 1.80 bits per heavy atom. The van der Waals surface area contributed by atoms with Crippen molar-refractivity contribution in [3.05, 3.63) is 0 Å². The predicted octanol–water partition coefficient (Wildman–Crippen LogP) is -0.716. The van der Waals surface area contributed by atoms with Crippen molar-refractivity contribution in [2.24, 2.45) is 0 Å². The van der Waals surface area contributed by atoms with Crippen molar-refractivity contribution in [2.45, 2.75) is 18.1 Å². The van der Waals surface area contributed by atoms with Gasteiger partial charge in [-0.05, 0) is 25.9 Å². The number of piperidine rings is 1. The lowest BCUT2D eigenvalue weighted by Crippen LogP contribution is -2.35. The first-order valence-electron chi connectivity index (χ1n) is 3.26. The van der Waals surface area contributed by atoms with E-state index in [9.17, 15) is 13.0 Å². The van der Waals surface area contributed by atoms with E-state index in [1.807, 2.05) is 0 Å². The zero-order chi connectivity index (χ0) is 7.61. The molecule has 5 heteroatoms. The van der Waals surface area contributed by atoms with Crippen LogP contribution in [0.2, 0.25) is 0 Å². The normalized spacial score (nSPS) is 22.9. The van der Waals surface area contributed by atoms with E-state index < -0.39 is 15.4 Å².